The lowest BCUT2D eigenvalue weighted by Gasteiger charge is -2.23. The van der Waals surface area contributed by atoms with Crippen LogP contribution in [0.4, 0.5) is 0 Å². The lowest BCUT2D eigenvalue weighted by molar-refractivity contribution is 0.260. The number of nitrogens with two attached hydrogens (primary N) is 1. The van der Waals surface area contributed by atoms with Crippen molar-refractivity contribution in [2.45, 2.75) is 45.4 Å². The number of rotatable bonds is 3. The van der Waals surface area contributed by atoms with E-state index in [1.165, 1.54) is 12.8 Å². The van der Waals surface area contributed by atoms with E-state index in [1.54, 1.807) is 0 Å². The van der Waals surface area contributed by atoms with Gasteiger partial charge < -0.3 is 10.3 Å². The molecule has 0 amide bonds. The van der Waals surface area contributed by atoms with Crippen LogP contribution in [-0.2, 0) is 6.42 Å². The summed E-state index contributed by atoms with van der Waals surface area (Å²) in [7, 11) is 0. The highest BCUT2D eigenvalue weighted by Gasteiger charge is 2.38. The van der Waals surface area contributed by atoms with E-state index in [9.17, 15) is 0 Å². The molecule has 1 aromatic heterocycles. The van der Waals surface area contributed by atoms with Gasteiger partial charge >= 0.3 is 0 Å². The van der Waals surface area contributed by atoms with Crippen molar-refractivity contribution in [1.82, 2.24) is 10.1 Å². The summed E-state index contributed by atoms with van der Waals surface area (Å²) in [5.74, 6) is 1.98. The van der Waals surface area contributed by atoms with Crippen molar-refractivity contribution >= 4 is 0 Å². The molecule has 15 heavy (non-hydrogen) atoms. The Hall–Kier alpha value is -0.900. The van der Waals surface area contributed by atoms with Gasteiger partial charge in [0.1, 0.15) is 0 Å². The topological polar surface area (TPSA) is 64.9 Å². The molecule has 1 aromatic rings. The minimum Gasteiger partial charge on any atom is -0.339 e. The summed E-state index contributed by atoms with van der Waals surface area (Å²) in [6, 6.07) is 0. The minimum atomic E-state index is 0.298. The van der Waals surface area contributed by atoms with Crippen molar-refractivity contribution in [1.29, 1.82) is 0 Å². The smallest absolute Gasteiger partial charge is 0.230 e. The first-order valence-corrected chi connectivity index (χ1v) is 5.66. The molecular weight excluding hydrogens is 190 g/mol. The van der Waals surface area contributed by atoms with Crippen molar-refractivity contribution in [3.8, 4) is 0 Å². The summed E-state index contributed by atoms with van der Waals surface area (Å²) < 4.78 is 5.32. The molecule has 0 bridgehead atoms. The van der Waals surface area contributed by atoms with Gasteiger partial charge in [-0.05, 0) is 24.8 Å². The van der Waals surface area contributed by atoms with E-state index >= 15 is 0 Å². The maximum atomic E-state index is 5.45. The second kappa shape index (κ2) is 3.93. The van der Waals surface area contributed by atoms with Crippen molar-refractivity contribution in [3.05, 3.63) is 11.7 Å². The zero-order valence-corrected chi connectivity index (χ0v) is 9.49. The first-order valence-electron chi connectivity index (χ1n) is 5.66. The second-order valence-corrected chi connectivity index (χ2v) is 5.02. The van der Waals surface area contributed by atoms with Gasteiger partial charge in [0.15, 0.2) is 5.82 Å². The van der Waals surface area contributed by atoms with Crippen LogP contribution in [0.25, 0.3) is 0 Å². The van der Waals surface area contributed by atoms with Crippen molar-refractivity contribution < 1.29 is 4.52 Å². The summed E-state index contributed by atoms with van der Waals surface area (Å²) >= 11 is 0. The Morgan fingerprint density at radius 3 is 2.93 bits per heavy atom. The Morgan fingerprint density at radius 1 is 1.53 bits per heavy atom. The number of aromatic nitrogens is 2. The molecule has 0 aromatic carbocycles. The second-order valence-electron chi connectivity index (χ2n) is 5.02. The molecule has 2 rings (SSSR count). The van der Waals surface area contributed by atoms with Crippen LogP contribution < -0.4 is 5.73 Å². The summed E-state index contributed by atoms with van der Waals surface area (Å²) in [4.78, 5) is 4.42. The molecule has 1 saturated carbocycles. The molecule has 84 valence electrons. The molecule has 1 aliphatic rings. The normalized spacial score (nSPS) is 24.6. The van der Waals surface area contributed by atoms with Gasteiger partial charge in [-0.3, -0.25) is 0 Å². The average Bonchev–Trinajstić information content (AvgIpc) is 2.72. The highest BCUT2D eigenvalue weighted by atomic mass is 16.5. The van der Waals surface area contributed by atoms with Crippen molar-refractivity contribution in [3.63, 3.8) is 0 Å². The quantitative estimate of drug-likeness (QED) is 0.825. The average molecular weight is 209 g/mol. The molecule has 0 aliphatic heterocycles. The van der Waals surface area contributed by atoms with Gasteiger partial charge in [-0.25, -0.2) is 0 Å². The van der Waals surface area contributed by atoms with Gasteiger partial charge in [0.2, 0.25) is 5.89 Å². The van der Waals surface area contributed by atoms with E-state index in [-0.39, 0.29) is 0 Å². The zero-order chi connectivity index (χ0) is 10.9. The van der Waals surface area contributed by atoms with Crippen LogP contribution in [0.5, 0.6) is 0 Å². The first-order chi connectivity index (χ1) is 7.13. The lowest BCUT2D eigenvalue weighted by atomic mass is 9.82. The van der Waals surface area contributed by atoms with Crippen molar-refractivity contribution in [2.75, 3.05) is 6.54 Å². The van der Waals surface area contributed by atoms with E-state index in [0.717, 1.165) is 18.1 Å². The monoisotopic (exact) mass is 209 g/mol. The molecule has 1 atom stereocenters. The highest BCUT2D eigenvalue weighted by Crippen LogP contribution is 2.48. The standard InChI is InChI=1S/C11H19N3O/c1-11(2)6-3-4-8(11)10-13-9(5-7-12)14-15-10/h8H,3-7,12H2,1-2H3. The van der Waals surface area contributed by atoms with Crippen LogP contribution in [-0.4, -0.2) is 16.7 Å². The largest absolute Gasteiger partial charge is 0.339 e. The molecule has 2 N–H and O–H groups in total. The van der Waals surface area contributed by atoms with Gasteiger partial charge in [-0.15, -0.1) is 0 Å². The van der Waals surface area contributed by atoms with Crippen LogP contribution in [0, 0.1) is 5.41 Å². The van der Waals surface area contributed by atoms with E-state index in [4.69, 9.17) is 10.3 Å². The predicted octanol–water partition coefficient (Wildman–Crippen LogP) is 1.86. The van der Waals surface area contributed by atoms with E-state index in [1.807, 2.05) is 0 Å². The third-order valence-electron chi connectivity index (χ3n) is 3.41. The predicted molar refractivity (Wildman–Crippen MR) is 57.4 cm³/mol. The van der Waals surface area contributed by atoms with Gasteiger partial charge in [-0.1, -0.05) is 25.4 Å². The lowest BCUT2D eigenvalue weighted by Crippen LogP contribution is -2.15. The third kappa shape index (κ3) is 2.04. The summed E-state index contributed by atoms with van der Waals surface area (Å²) in [5.41, 5.74) is 5.75. The fourth-order valence-electron chi connectivity index (χ4n) is 2.42. The van der Waals surface area contributed by atoms with Crippen LogP contribution in [0.1, 0.15) is 50.7 Å². The molecule has 1 fully saturated rings. The number of nitrogens with zero attached hydrogens (tertiary/aromatic N) is 2. The Kier molecular flexibility index (Phi) is 2.78. The molecule has 4 heteroatoms. The van der Waals surface area contributed by atoms with Crippen molar-refractivity contribution in [2.24, 2.45) is 11.1 Å². The Balaban J connectivity index is 2.15. The van der Waals surface area contributed by atoms with E-state index < -0.39 is 0 Å². The molecular formula is C11H19N3O. The SMILES string of the molecule is CC1(C)CCCC1c1nc(CCN)no1. The Morgan fingerprint density at radius 2 is 2.33 bits per heavy atom. The third-order valence-corrected chi connectivity index (χ3v) is 3.41. The van der Waals surface area contributed by atoms with Crippen LogP contribution in [0.2, 0.25) is 0 Å². The molecule has 0 saturated heterocycles. The summed E-state index contributed by atoms with van der Waals surface area (Å²) in [5, 5.41) is 3.95. The number of hydrogen-bond donors (Lipinski definition) is 1. The van der Waals surface area contributed by atoms with Crippen LogP contribution in [0.3, 0.4) is 0 Å². The van der Waals surface area contributed by atoms with Gasteiger partial charge in [0.05, 0.1) is 0 Å². The van der Waals surface area contributed by atoms with Gasteiger partial charge in [0, 0.05) is 12.3 Å². The zero-order valence-electron chi connectivity index (χ0n) is 9.49. The highest BCUT2D eigenvalue weighted by molar-refractivity contribution is 5.04. The summed E-state index contributed by atoms with van der Waals surface area (Å²) in [6.07, 6.45) is 4.37. The molecule has 1 unspecified atom stereocenters. The molecule has 0 radical (unpaired) electrons. The summed E-state index contributed by atoms with van der Waals surface area (Å²) in [6.45, 7) is 5.13. The fourth-order valence-corrected chi connectivity index (χ4v) is 2.42. The Bertz CT molecular complexity index is 332. The molecule has 0 spiro atoms. The Labute approximate surface area is 90.2 Å². The molecule has 1 aliphatic carbocycles. The molecule has 4 nitrogen and oxygen atoms in total. The maximum Gasteiger partial charge on any atom is 0.230 e. The van der Waals surface area contributed by atoms with Crippen LogP contribution in [0.15, 0.2) is 4.52 Å². The fraction of sp³-hybridized carbons (Fsp3) is 0.818. The van der Waals surface area contributed by atoms with Gasteiger partial charge in [0.25, 0.3) is 0 Å². The van der Waals surface area contributed by atoms with E-state index in [2.05, 4.69) is 24.0 Å². The van der Waals surface area contributed by atoms with E-state index in [0.29, 0.717) is 24.3 Å². The number of hydrogen-bond acceptors (Lipinski definition) is 4. The molecule has 1 heterocycles. The first kappa shape index (κ1) is 10.6. The maximum absolute atomic E-state index is 5.45. The minimum absolute atomic E-state index is 0.298. The van der Waals surface area contributed by atoms with Crippen LogP contribution >= 0.6 is 0 Å². The van der Waals surface area contributed by atoms with Gasteiger partial charge in [-0.2, -0.15) is 4.98 Å².